The van der Waals surface area contributed by atoms with E-state index in [9.17, 15) is 5.26 Å². The topological polar surface area (TPSA) is 49.6 Å². The molecule has 3 nitrogen and oxygen atoms in total. The SMILES string of the molecule is Cc1ncc(Br)c(C2(C#N)CCC2)n1. The molecule has 0 aromatic carbocycles. The highest BCUT2D eigenvalue weighted by atomic mass is 79.9. The molecule has 1 heterocycles. The molecule has 0 bridgehead atoms. The molecule has 0 amide bonds. The van der Waals surface area contributed by atoms with Gasteiger partial charge in [-0.2, -0.15) is 5.26 Å². The van der Waals surface area contributed by atoms with E-state index in [1.54, 1.807) is 6.20 Å². The number of nitriles is 1. The molecule has 1 aromatic rings. The van der Waals surface area contributed by atoms with Crippen LogP contribution in [0.4, 0.5) is 0 Å². The van der Waals surface area contributed by atoms with Crippen LogP contribution in [-0.2, 0) is 5.41 Å². The number of aryl methyl sites for hydroxylation is 1. The fraction of sp³-hybridized carbons (Fsp3) is 0.500. The molecule has 0 N–H and O–H groups in total. The predicted molar refractivity (Wildman–Crippen MR) is 55.6 cm³/mol. The van der Waals surface area contributed by atoms with Crippen molar-refractivity contribution >= 4 is 15.9 Å². The van der Waals surface area contributed by atoms with Gasteiger partial charge in [-0.3, -0.25) is 0 Å². The van der Waals surface area contributed by atoms with E-state index in [0.29, 0.717) is 0 Å². The van der Waals surface area contributed by atoms with E-state index < -0.39 is 0 Å². The van der Waals surface area contributed by atoms with Gasteiger partial charge in [0.25, 0.3) is 0 Å². The molecule has 0 saturated heterocycles. The molecular formula is C10H10BrN3. The summed E-state index contributed by atoms with van der Waals surface area (Å²) in [6.45, 7) is 1.85. The third kappa shape index (κ3) is 1.32. The molecule has 0 atom stereocenters. The zero-order valence-electron chi connectivity index (χ0n) is 7.92. The second-order valence-corrected chi connectivity index (χ2v) is 4.52. The Labute approximate surface area is 91.3 Å². The Balaban J connectivity index is 2.50. The van der Waals surface area contributed by atoms with E-state index in [1.807, 2.05) is 6.92 Å². The quantitative estimate of drug-likeness (QED) is 0.771. The van der Waals surface area contributed by atoms with Crippen molar-refractivity contribution in [1.82, 2.24) is 9.97 Å². The maximum absolute atomic E-state index is 9.17. The van der Waals surface area contributed by atoms with Crippen molar-refractivity contribution in [1.29, 1.82) is 5.26 Å². The van der Waals surface area contributed by atoms with E-state index in [1.165, 1.54) is 0 Å². The van der Waals surface area contributed by atoms with Crippen LogP contribution >= 0.6 is 15.9 Å². The first-order chi connectivity index (χ1) is 6.68. The van der Waals surface area contributed by atoms with Crippen LogP contribution in [-0.4, -0.2) is 9.97 Å². The maximum atomic E-state index is 9.17. The van der Waals surface area contributed by atoms with Crippen molar-refractivity contribution in [3.63, 3.8) is 0 Å². The average Bonchev–Trinajstić information content (AvgIpc) is 2.10. The van der Waals surface area contributed by atoms with Crippen LogP contribution in [0.25, 0.3) is 0 Å². The van der Waals surface area contributed by atoms with Gasteiger partial charge in [-0.1, -0.05) is 0 Å². The van der Waals surface area contributed by atoms with Gasteiger partial charge in [-0.15, -0.1) is 0 Å². The summed E-state index contributed by atoms with van der Waals surface area (Å²) < 4.78 is 0.851. The van der Waals surface area contributed by atoms with Crippen molar-refractivity contribution in [3.05, 3.63) is 22.2 Å². The summed E-state index contributed by atoms with van der Waals surface area (Å²) >= 11 is 3.41. The zero-order chi connectivity index (χ0) is 10.2. The van der Waals surface area contributed by atoms with Crippen LogP contribution in [0, 0.1) is 18.3 Å². The van der Waals surface area contributed by atoms with Gasteiger partial charge in [-0.05, 0) is 42.1 Å². The number of hydrogen-bond acceptors (Lipinski definition) is 3. The van der Waals surface area contributed by atoms with Crippen LogP contribution in [0.1, 0.15) is 30.8 Å². The standard InChI is InChI=1S/C10H10BrN3/c1-7-13-5-8(11)9(14-7)10(6-12)3-2-4-10/h5H,2-4H2,1H3. The lowest BCUT2D eigenvalue weighted by molar-refractivity contribution is 0.313. The van der Waals surface area contributed by atoms with Gasteiger partial charge in [0, 0.05) is 6.20 Å². The number of halogens is 1. The Morgan fingerprint density at radius 1 is 1.57 bits per heavy atom. The van der Waals surface area contributed by atoms with E-state index in [4.69, 9.17) is 0 Å². The molecule has 1 aliphatic rings. The van der Waals surface area contributed by atoms with Gasteiger partial charge in [0.15, 0.2) is 0 Å². The minimum atomic E-state index is -0.355. The number of hydrogen-bond donors (Lipinski definition) is 0. The van der Waals surface area contributed by atoms with Crippen molar-refractivity contribution < 1.29 is 0 Å². The second-order valence-electron chi connectivity index (χ2n) is 3.66. The molecule has 1 saturated carbocycles. The van der Waals surface area contributed by atoms with Gasteiger partial charge in [0.05, 0.1) is 16.2 Å². The Hall–Kier alpha value is -0.950. The van der Waals surface area contributed by atoms with E-state index in [0.717, 1.165) is 35.3 Å². The lowest BCUT2D eigenvalue weighted by Crippen LogP contribution is -2.34. The van der Waals surface area contributed by atoms with E-state index >= 15 is 0 Å². The summed E-state index contributed by atoms with van der Waals surface area (Å²) in [7, 11) is 0. The lowest BCUT2D eigenvalue weighted by Gasteiger charge is -2.35. The van der Waals surface area contributed by atoms with Gasteiger partial charge >= 0.3 is 0 Å². The van der Waals surface area contributed by atoms with Gasteiger partial charge in [0.1, 0.15) is 11.2 Å². The molecule has 4 heteroatoms. The highest BCUT2D eigenvalue weighted by Crippen LogP contribution is 2.44. The molecule has 0 aliphatic heterocycles. The largest absolute Gasteiger partial charge is 0.240 e. The van der Waals surface area contributed by atoms with Crippen molar-refractivity contribution in [3.8, 4) is 6.07 Å². The fourth-order valence-corrected chi connectivity index (χ4v) is 2.29. The molecule has 0 radical (unpaired) electrons. The maximum Gasteiger partial charge on any atom is 0.125 e. The van der Waals surface area contributed by atoms with E-state index in [-0.39, 0.29) is 5.41 Å². The summed E-state index contributed by atoms with van der Waals surface area (Å²) in [5, 5.41) is 9.17. The second kappa shape index (κ2) is 3.32. The first-order valence-electron chi connectivity index (χ1n) is 4.59. The van der Waals surface area contributed by atoms with Crippen LogP contribution in [0.3, 0.4) is 0 Å². The van der Waals surface area contributed by atoms with Gasteiger partial charge in [-0.25, -0.2) is 9.97 Å². The van der Waals surface area contributed by atoms with Crippen molar-refractivity contribution in [2.24, 2.45) is 0 Å². The van der Waals surface area contributed by atoms with Crippen LogP contribution in [0.15, 0.2) is 10.7 Å². The zero-order valence-corrected chi connectivity index (χ0v) is 9.50. The molecule has 1 fully saturated rings. The summed E-state index contributed by atoms with van der Waals surface area (Å²) in [5.74, 6) is 0.727. The molecular weight excluding hydrogens is 242 g/mol. The van der Waals surface area contributed by atoms with Crippen LogP contribution in [0.5, 0.6) is 0 Å². The molecule has 1 aliphatic carbocycles. The highest BCUT2D eigenvalue weighted by molar-refractivity contribution is 9.10. The van der Waals surface area contributed by atoms with Gasteiger partial charge in [0.2, 0.25) is 0 Å². The summed E-state index contributed by atoms with van der Waals surface area (Å²) in [6, 6.07) is 2.38. The first kappa shape index (κ1) is 9.60. The number of aromatic nitrogens is 2. The Morgan fingerprint density at radius 3 is 2.79 bits per heavy atom. The minimum absolute atomic E-state index is 0.355. The Morgan fingerprint density at radius 2 is 2.29 bits per heavy atom. The Kier molecular flexibility index (Phi) is 2.28. The molecule has 1 aromatic heterocycles. The van der Waals surface area contributed by atoms with Gasteiger partial charge < -0.3 is 0 Å². The molecule has 2 rings (SSSR count). The Bertz CT molecular complexity index is 404. The first-order valence-corrected chi connectivity index (χ1v) is 5.38. The van der Waals surface area contributed by atoms with Crippen LogP contribution < -0.4 is 0 Å². The fourth-order valence-electron chi connectivity index (χ4n) is 1.72. The summed E-state index contributed by atoms with van der Waals surface area (Å²) in [6.07, 6.45) is 4.68. The molecule has 72 valence electrons. The van der Waals surface area contributed by atoms with Crippen molar-refractivity contribution in [2.45, 2.75) is 31.6 Å². The smallest absolute Gasteiger partial charge is 0.125 e. The monoisotopic (exact) mass is 251 g/mol. The third-order valence-corrected chi connectivity index (χ3v) is 3.32. The number of rotatable bonds is 1. The van der Waals surface area contributed by atoms with Crippen LogP contribution in [0.2, 0.25) is 0 Å². The normalized spacial score (nSPS) is 18.4. The summed E-state index contributed by atoms with van der Waals surface area (Å²) in [4.78, 5) is 8.44. The molecule has 0 spiro atoms. The molecule has 0 unspecified atom stereocenters. The highest BCUT2D eigenvalue weighted by Gasteiger charge is 2.41. The third-order valence-electron chi connectivity index (χ3n) is 2.74. The molecule has 14 heavy (non-hydrogen) atoms. The minimum Gasteiger partial charge on any atom is -0.240 e. The van der Waals surface area contributed by atoms with Crippen molar-refractivity contribution in [2.75, 3.05) is 0 Å². The predicted octanol–water partition coefficient (Wildman–Crippen LogP) is 2.49. The number of nitrogens with zero attached hydrogens (tertiary/aromatic N) is 3. The lowest BCUT2D eigenvalue weighted by atomic mass is 9.68. The van der Waals surface area contributed by atoms with E-state index in [2.05, 4.69) is 32.0 Å². The summed E-state index contributed by atoms with van der Waals surface area (Å²) in [5.41, 5.74) is 0.505. The average molecular weight is 252 g/mol.